The van der Waals surface area contributed by atoms with Gasteiger partial charge in [-0.25, -0.2) is 4.57 Å². The molecule has 0 aliphatic carbocycles. The summed E-state index contributed by atoms with van der Waals surface area (Å²) in [5.41, 5.74) is 0. The summed E-state index contributed by atoms with van der Waals surface area (Å²) in [7, 11) is 1.62. The van der Waals surface area contributed by atoms with Crippen molar-refractivity contribution in [3.63, 3.8) is 0 Å². The number of carbonyl (C=O) groups is 1. The monoisotopic (exact) mass is 953 g/mol. The smallest absolute Gasteiger partial charge is 0.457 e. The van der Waals surface area contributed by atoms with Gasteiger partial charge in [0.15, 0.2) is 0 Å². The molecular weight excluding hydrogens is 854 g/mol. The van der Waals surface area contributed by atoms with E-state index in [1.807, 2.05) is 21.1 Å². The average molecular weight is 953 g/mol. The Morgan fingerprint density at radius 2 is 0.821 bits per heavy atom. The van der Waals surface area contributed by atoms with Crippen molar-refractivity contribution in [2.45, 2.75) is 187 Å². The van der Waals surface area contributed by atoms with E-state index >= 15 is 0 Å². The molecule has 67 heavy (non-hydrogen) atoms. The van der Waals surface area contributed by atoms with Crippen molar-refractivity contribution >= 4 is 13.8 Å². The zero-order valence-electron chi connectivity index (χ0n) is 43.3. The number of phosphoric ester groups is 1. The maximum absolute atomic E-state index is 12.8. The highest BCUT2D eigenvalue weighted by molar-refractivity contribution is 7.47. The molecule has 0 aliphatic heterocycles. The minimum Gasteiger partial charge on any atom is -0.457 e. The SMILES string of the molecule is CC/C=C\C/C=C\C/C=C\C/C=C\C/C=C\C/C=C\CCCCC(=O)OC(COCCCCCCCCCCCCC/C=C\C/C=C\C/C=C\C/C=C\CC)COP(=O)(O)OCC[N+](C)(C)C. The fraction of sp³-hybridized carbons (Fsp3) is 0.638. The number of nitrogens with zero attached hydrogens (tertiary/aromatic N) is 1. The van der Waals surface area contributed by atoms with E-state index in [2.05, 4.69) is 135 Å². The molecule has 0 aliphatic rings. The summed E-state index contributed by atoms with van der Waals surface area (Å²) in [5.74, 6) is -0.361. The van der Waals surface area contributed by atoms with Crippen molar-refractivity contribution in [1.29, 1.82) is 0 Å². The minimum atomic E-state index is -4.31. The van der Waals surface area contributed by atoms with E-state index in [1.54, 1.807) is 0 Å². The lowest BCUT2D eigenvalue weighted by molar-refractivity contribution is -0.870. The summed E-state index contributed by atoms with van der Waals surface area (Å²) in [6.45, 7) is 5.30. The van der Waals surface area contributed by atoms with Gasteiger partial charge in [-0.05, 0) is 103 Å². The third-order valence-electron chi connectivity index (χ3n) is 10.5. The van der Waals surface area contributed by atoms with Crippen LogP contribution < -0.4 is 0 Å². The molecule has 0 aromatic carbocycles. The fourth-order valence-corrected chi connectivity index (χ4v) is 7.29. The number of hydrogen-bond donors (Lipinski definition) is 1. The van der Waals surface area contributed by atoms with Gasteiger partial charge in [0.05, 0.1) is 34.4 Å². The number of ether oxygens (including phenoxy) is 2. The summed E-state index contributed by atoms with van der Waals surface area (Å²) >= 11 is 0. The lowest BCUT2D eigenvalue weighted by Crippen LogP contribution is -2.37. The molecule has 0 aromatic heterocycles. The van der Waals surface area contributed by atoms with Gasteiger partial charge in [0.2, 0.25) is 0 Å². The number of quaternary nitrogens is 1. The predicted octanol–water partition coefficient (Wildman–Crippen LogP) is 16.5. The summed E-state index contributed by atoms with van der Waals surface area (Å²) < 4.78 is 35.1. The van der Waals surface area contributed by atoms with Gasteiger partial charge in [0.1, 0.15) is 19.3 Å². The molecule has 0 amide bonds. The van der Waals surface area contributed by atoms with Gasteiger partial charge in [0.25, 0.3) is 0 Å². The van der Waals surface area contributed by atoms with Crippen LogP contribution in [0.25, 0.3) is 0 Å². The molecule has 2 atom stereocenters. The lowest BCUT2D eigenvalue weighted by atomic mass is 10.1. The number of phosphoric acid groups is 1. The Labute approximate surface area is 412 Å². The first-order valence-corrected chi connectivity index (χ1v) is 27.8. The van der Waals surface area contributed by atoms with Crippen LogP contribution in [0.1, 0.15) is 181 Å². The normalized spacial score (nSPS) is 14.5. The van der Waals surface area contributed by atoms with Crippen LogP contribution in [0, 0.1) is 0 Å². The molecule has 382 valence electrons. The van der Waals surface area contributed by atoms with Gasteiger partial charge in [-0.3, -0.25) is 13.8 Å². The predicted molar refractivity (Wildman–Crippen MR) is 288 cm³/mol. The van der Waals surface area contributed by atoms with Crippen LogP contribution in [0.2, 0.25) is 0 Å². The van der Waals surface area contributed by atoms with Crippen LogP contribution in [0.4, 0.5) is 0 Å². The van der Waals surface area contributed by atoms with Gasteiger partial charge in [-0.15, -0.1) is 0 Å². The molecule has 0 fully saturated rings. The standard InChI is InChI=1S/C58H98NO7P/c1-6-8-10-12-14-16-18-20-22-24-26-28-29-30-32-34-36-38-40-42-44-46-48-50-53-63-55-57(56-65-67(61,62)64-54-52-59(3,4)5)66-58(60)51-49-47-45-43-41-39-37-35-33-31-27-25-23-21-19-17-15-13-11-9-7-2/h8-11,14-17,20-23,26-28,31,35,37,41,43,57H,6-7,12-13,18-19,24-25,29-30,32-34,36,38-40,42,44-56H2,1-5H3/p+1/b10-8-,11-9-,16-14-,17-15-,22-20-,23-21-,28-26-,31-27-,37-35-,43-41-. The molecule has 2 unspecified atom stereocenters. The van der Waals surface area contributed by atoms with Crippen molar-refractivity contribution in [2.75, 3.05) is 54.1 Å². The third-order valence-corrected chi connectivity index (χ3v) is 11.5. The molecule has 8 nitrogen and oxygen atoms in total. The minimum absolute atomic E-state index is 0.0722. The van der Waals surface area contributed by atoms with Crippen LogP contribution >= 0.6 is 7.82 Å². The molecule has 0 heterocycles. The van der Waals surface area contributed by atoms with Gasteiger partial charge in [-0.1, -0.05) is 193 Å². The maximum Gasteiger partial charge on any atom is 0.472 e. The lowest BCUT2D eigenvalue weighted by Gasteiger charge is -2.24. The molecule has 0 radical (unpaired) electrons. The second kappa shape index (κ2) is 49.3. The van der Waals surface area contributed by atoms with E-state index in [0.717, 1.165) is 89.9 Å². The van der Waals surface area contributed by atoms with Crippen molar-refractivity contribution in [2.24, 2.45) is 0 Å². The quantitative estimate of drug-likeness (QED) is 0.0214. The Kier molecular flexibility index (Phi) is 47.0. The van der Waals surface area contributed by atoms with Crippen LogP contribution in [0.5, 0.6) is 0 Å². The largest absolute Gasteiger partial charge is 0.472 e. The van der Waals surface area contributed by atoms with E-state index in [0.29, 0.717) is 24.1 Å². The van der Waals surface area contributed by atoms with E-state index in [1.165, 1.54) is 64.2 Å². The van der Waals surface area contributed by atoms with Crippen LogP contribution in [0.15, 0.2) is 122 Å². The van der Waals surface area contributed by atoms with Gasteiger partial charge in [0, 0.05) is 13.0 Å². The molecule has 0 saturated carbocycles. The number of rotatable bonds is 47. The first-order chi connectivity index (χ1) is 32.6. The van der Waals surface area contributed by atoms with Gasteiger partial charge >= 0.3 is 13.8 Å². The number of likely N-dealkylation sites (N-methyl/N-ethyl adjacent to an activating group) is 1. The Balaban J connectivity index is 4.24. The summed E-state index contributed by atoms with van der Waals surface area (Å²) in [6, 6.07) is 0. The van der Waals surface area contributed by atoms with E-state index in [4.69, 9.17) is 18.5 Å². The number of carbonyl (C=O) groups excluding carboxylic acids is 1. The molecule has 9 heteroatoms. The molecule has 0 spiro atoms. The Morgan fingerprint density at radius 1 is 0.463 bits per heavy atom. The summed E-state index contributed by atoms with van der Waals surface area (Å²) in [5, 5.41) is 0. The maximum atomic E-state index is 12.8. The highest BCUT2D eigenvalue weighted by Gasteiger charge is 2.26. The first-order valence-electron chi connectivity index (χ1n) is 26.3. The van der Waals surface area contributed by atoms with Crippen molar-refractivity contribution in [3.05, 3.63) is 122 Å². The fourth-order valence-electron chi connectivity index (χ4n) is 6.55. The zero-order valence-corrected chi connectivity index (χ0v) is 44.2. The third kappa shape index (κ3) is 53.7. The summed E-state index contributed by atoms with van der Waals surface area (Å²) in [4.78, 5) is 23.0. The van der Waals surface area contributed by atoms with Crippen LogP contribution in [-0.4, -0.2) is 75.6 Å². The topological polar surface area (TPSA) is 91.3 Å². The molecule has 0 rings (SSSR count). The molecular formula is C58H99NO7P+. The van der Waals surface area contributed by atoms with Crippen molar-refractivity contribution in [3.8, 4) is 0 Å². The Hall–Kier alpha value is -3.10. The zero-order chi connectivity index (χ0) is 49.0. The second-order valence-electron chi connectivity index (χ2n) is 18.1. The van der Waals surface area contributed by atoms with Crippen molar-refractivity contribution < 1.29 is 37.3 Å². The molecule has 0 aromatic rings. The van der Waals surface area contributed by atoms with E-state index < -0.39 is 13.9 Å². The number of hydrogen-bond acceptors (Lipinski definition) is 6. The van der Waals surface area contributed by atoms with Crippen molar-refractivity contribution in [1.82, 2.24) is 0 Å². The highest BCUT2D eigenvalue weighted by atomic mass is 31.2. The van der Waals surface area contributed by atoms with Gasteiger partial charge in [-0.2, -0.15) is 0 Å². The van der Waals surface area contributed by atoms with Crippen LogP contribution in [-0.2, 0) is 27.9 Å². The van der Waals surface area contributed by atoms with E-state index in [-0.39, 0.29) is 32.2 Å². The Morgan fingerprint density at radius 3 is 1.22 bits per heavy atom. The average Bonchev–Trinajstić information content (AvgIpc) is 3.29. The number of esters is 1. The van der Waals surface area contributed by atoms with Gasteiger partial charge < -0.3 is 18.9 Å². The second-order valence-corrected chi connectivity index (χ2v) is 19.6. The Bertz CT molecular complexity index is 1480. The first kappa shape index (κ1) is 63.9. The van der Waals surface area contributed by atoms with E-state index in [9.17, 15) is 14.3 Å². The van der Waals surface area contributed by atoms with Crippen LogP contribution in [0.3, 0.4) is 0 Å². The molecule has 0 saturated heterocycles. The number of unbranched alkanes of at least 4 members (excludes halogenated alkanes) is 13. The molecule has 1 N–H and O–H groups in total. The number of allylic oxidation sites excluding steroid dienone is 20. The summed E-state index contributed by atoms with van der Waals surface area (Å²) in [6.07, 6.45) is 71.1. The molecule has 0 bridgehead atoms. The highest BCUT2D eigenvalue weighted by Crippen LogP contribution is 2.43.